The van der Waals surface area contributed by atoms with Gasteiger partial charge in [-0.25, -0.2) is 8.42 Å². The summed E-state index contributed by atoms with van der Waals surface area (Å²) in [5, 5.41) is 5.77. The Morgan fingerprint density at radius 2 is 1.95 bits per heavy atom. The summed E-state index contributed by atoms with van der Waals surface area (Å²) in [6.07, 6.45) is 0. The van der Waals surface area contributed by atoms with Crippen molar-refractivity contribution in [1.82, 2.24) is 10.6 Å². The standard InChI is InChI=1S/C13H21N3O3S/c1-4-20(18,19)16-12-8-6-5-7-11(12)13(17)15-9-10(2)14-3/h5-8,10,14,16H,4,9H2,1-3H3,(H,15,17). The molecule has 1 aromatic rings. The lowest BCUT2D eigenvalue weighted by Crippen LogP contribution is -2.37. The van der Waals surface area contributed by atoms with Crippen molar-refractivity contribution >= 4 is 21.6 Å². The van der Waals surface area contributed by atoms with E-state index in [9.17, 15) is 13.2 Å². The Bertz CT molecular complexity index is 558. The number of sulfonamides is 1. The summed E-state index contributed by atoms with van der Waals surface area (Å²) in [6.45, 7) is 3.94. The van der Waals surface area contributed by atoms with Crippen molar-refractivity contribution in [2.45, 2.75) is 19.9 Å². The van der Waals surface area contributed by atoms with Gasteiger partial charge in [0.05, 0.1) is 17.0 Å². The minimum Gasteiger partial charge on any atom is -0.350 e. The summed E-state index contributed by atoms with van der Waals surface area (Å²) in [6, 6.07) is 6.68. The molecule has 1 amide bonds. The van der Waals surface area contributed by atoms with Gasteiger partial charge in [0.2, 0.25) is 10.0 Å². The summed E-state index contributed by atoms with van der Waals surface area (Å²) in [4.78, 5) is 12.1. The summed E-state index contributed by atoms with van der Waals surface area (Å²) < 4.78 is 25.6. The fraction of sp³-hybridized carbons (Fsp3) is 0.462. The summed E-state index contributed by atoms with van der Waals surface area (Å²) in [5.74, 6) is -0.346. The molecule has 0 heterocycles. The third-order valence-corrected chi connectivity index (χ3v) is 4.17. The lowest BCUT2D eigenvalue weighted by molar-refractivity contribution is 0.0951. The smallest absolute Gasteiger partial charge is 0.253 e. The Balaban J connectivity index is 2.87. The van der Waals surface area contributed by atoms with E-state index in [1.165, 1.54) is 0 Å². The third-order valence-electron chi connectivity index (χ3n) is 2.88. The van der Waals surface area contributed by atoms with Crippen LogP contribution in [0.25, 0.3) is 0 Å². The maximum atomic E-state index is 12.1. The second kappa shape index (κ2) is 7.25. The summed E-state index contributed by atoms with van der Waals surface area (Å²) >= 11 is 0. The van der Waals surface area contributed by atoms with Gasteiger partial charge in [-0.2, -0.15) is 0 Å². The number of carbonyl (C=O) groups is 1. The number of hydrogen-bond acceptors (Lipinski definition) is 4. The van der Waals surface area contributed by atoms with E-state index in [0.717, 1.165) is 0 Å². The van der Waals surface area contributed by atoms with E-state index >= 15 is 0 Å². The van der Waals surface area contributed by atoms with E-state index in [1.54, 1.807) is 38.2 Å². The molecule has 0 radical (unpaired) electrons. The molecule has 0 saturated carbocycles. The molecule has 112 valence electrons. The van der Waals surface area contributed by atoms with Crippen molar-refractivity contribution < 1.29 is 13.2 Å². The van der Waals surface area contributed by atoms with Crippen LogP contribution in [-0.4, -0.2) is 39.7 Å². The van der Waals surface area contributed by atoms with Gasteiger partial charge in [-0.15, -0.1) is 0 Å². The van der Waals surface area contributed by atoms with E-state index in [2.05, 4.69) is 15.4 Å². The highest BCUT2D eigenvalue weighted by Crippen LogP contribution is 2.16. The molecule has 0 aliphatic heterocycles. The molecule has 1 atom stereocenters. The van der Waals surface area contributed by atoms with E-state index in [4.69, 9.17) is 0 Å². The normalized spacial score (nSPS) is 12.8. The maximum absolute atomic E-state index is 12.1. The highest BCUT2D eigenvalue weighted by atomic mass is 32.2. The SMILES string of the molecule is CCS(=O)(=O)Nc1ccccc1C(=O)NCC(C)NC. The predicted octanol–water partition coefficient (Wildman–Crippen LogP) is 0.786. The molecule has 0 aliphatic carbocycles. The molecule has 0 aromatic heterocycles. The number of nitrogens with one attached hydrogen (secondary N) is 3. The summed E-state index contributed by atoms with van der Waals surface area (Å²) in [5.41, 5.74) is 0.608. The lowest BCUT2D eigenvalue weighted by Gasteiger charge is -2.14. The zero-order chi connectivity index (χ0) is 15.2. The molecule has 7 heteroatoms. The van der Waals surface area contributed by atoms with E-state index in [0.29, 0.717) is 17.8 Å². The number of likely N-dealkylation sites (N-methyl/N-ethyl adjacent to an activating group) is 1. The van der Waals surface area contributed by atoms with Crippen LogP contribution < -0.4 is 15.4 Å². The zero-order valence-corrected chi connectivity index (χ0v) is 12.8. The van der Waals surface area contributed by atoms with Crippen LogP contribution in [0.2, 0.25) is 0 Å². The molecule has 0 saturated heterocycles. The number of carbonyl (C=O) groups excluding carboxylic acids is 1. The minimum absolute atomic E-state index is 0.0419. The maximum Gasteiger partial charge on any atom is 0.253 e. The molecule has 1 aromatic carbocycles. The molecular formula is C13H21N3O3S. The van der Waals surface area contributed by atoms with Crippen LogP contribution in [-0.2, 0) is 10.0 Å². The fourth-order valence-corrected chi connectivity index (χ4v) is 2.11. The van der Waals surface area contributed by atoms with Crippen LogP contribution in [0.5, 0.6) is 0 Å². The Labute approximate surface area is 120 Å². The topological polar surface area (TPSA) is 87.3 Å². The largest absolute Gasteiger partial charge is 0.350 e. The lowest BCUT2D eigenvalue weighted by atomic mass is 10.1. The van der Waals surface area contributed by atoms with Crippen LogP contribution in [0, 0.1) is 0 Å². The van der Waals surface area contributed by atoms with Crippen LogP contribution in [0.15, 0.2) is 24.3 Å². The first kappa shape index (κ1) is 16.5. The predicted molar refractivity (Wildman–Crippen MR) is 80.4 cm³/mol. The average molecular weight is 299 g/mol. The van der Waals surface area contributed by atoms with Gasteiger partial charge in [-0.05, 0) is 33.0 Å². The van der Waals surface area contributed by atoms with Crippen LogP contribution in [0.4, 0.5) is 5.69 Å². The Hall–Kier alpha value is -1.60. The molecule has 3 N–H and O–H groups in total. The van der Waals surface area contributed by atoms with Crippen molar-refractivity contribution in [3.05, 3.63) is 29.8 Å². The van der Waals surface area contributed by atoms with Gasteiger partial charge < -0.3 is 10.6 Å². The van der Waals surface area contributed by atoms with Crippen molar-refractivity contribution in [1.29, 1.82) is 0 Å². The van der Waals surface area contributed by atoms with E-state index < -0.39 is 10.0 Å². The molecule has 0 bridgehead atoms. The molecule has 1 unspecified atom stereocenters. The van der Waals surface area contributed by atoms with Gasteiger partial charge in [-0.3, -0.25) is 9.52 Å². The molecule has 0 fully saturated rings. The fourth-order valence-electron chi connectivity index (χ4n) is 1.45. The highest BCUT2D eigenvalue weighted by molar-refractivity contribution is 7.92. The monoisotopic (exact) mass is 299 g/mol. The van der Waals surface area contributed by atoms with Gasteiger partial charge in [0.15, 0.2) is 0 Å². The third kappa shape index (κ3) is 4.82. The van der Waals surface area contributed by atoms with Crippen molar-refractivity contribution in [2.75, 3.05) is 24.1 Å². The molecular weight excluding hydrogens is 278 g/mol. The van der Waals surface area contributed by atoms with Gasteiger partial charge in [-0.1, -0.05) is 12.1 Å². The number of rotatable bonds is 7. The quantitative estimate of drug-likeness (QED) is 0.694. The second-order valence-electron chi connectivity index (χ2n) is 4.45. The second-order valence-corrected chi connectivity index (χ2v) is 6.46. The number of benzene rings is 1. The van der Waals surface area contributed by atoms with Crippen molar-refractivity contribution in [3.63, 3.8) is 0 Å². The van der Waals surface area contributed by atoms with Gasteiger partial charge in [0.1, 0.15) is 0 Å². The van der Waals surface area contributed by atoms with Crippen molar-refractivity contribution in [2.24, 2.45) is 0 Å². The van der Waals surface area contributed by atoms with Gasteiger partial charge in [0, 0.05) is 12.6 Å². The van der Waals surface area contributed by atoms with E-state index in [1.807, 2.05) is 6.92 Å². The number of amides is 1. The molecule has 20 heavy (non-hydrogen) atoms. The van der Waals surface area contributed by atoms with E-state index in [-0.39, 0.29) is 17.7 Å². The Morgan fingerprint density at radius 3 is 2.55 bits per heavy atom. The molecule has 6 nitrogen and oxygen atoms in total. The van der Waals surface area contributed by atoms with Crippen LogP contribution >= 0.6 is 0 Å². The highest BCUT2D eigenvalue weighted by Gasteiger charge is 2.15. The molecule has 0 aliphatic rings. The number of para-hydroxylation sites is 1. The first-order chi connectivity index (χ1) is 9.39. The molecule has 0 spiro atoms. The first-order valence-electron chi connectivity index (χ1n) is 6.44. The Morgan fingerprint density at radius 1 is 1.30 bits per heavy atom. The number of hydrogen-bond donors (Lipinski definition) is 3. The number of anilines is 1. The van der Waals surface area contributed by atoms with Crippen LogP contribution in [0.1, 0.15) is 24.2 Å². The first-order valence-corrected chi connectivity index (χ1v) is 8.09. The Kier molecular flexibility index (Phi) is 5.97. The van der Waals surface area contributed by atoms with Gasteiger partial charge >= 0.3 is 0 Å². The molecule has 1 rings (SSSR count). The average Bonchev–Trinajstić information content (AvgIpc) is 2.44. The zero-order valence-electron chi connectivity index (χ0n) is 11.9. The summed E-state index contributed by atoms with van der Waals surface area (Å²) in [7, 11) is -1.60. The minimum atomic E-state index is -3.41. The van der Waals surface area contributed by atoms with Crippen LogP contribution in [0.3, 0.4) is 0 Å². The van der Waals surface area contributed by atoms with Crippen molar-refractivity contribution in [3.8, 4) is 0 Å². The van der Waals surface area contributed by atoms with Gasteiger partial charge in [0.25, 0.3) is 5.91 Å².